The molecule has 0 radical (unpaired) electrons. The van der Waals surface area contributed by atoms with E-state index >= 15 is 0 Å². The molecule has 4 rings (SSSR count). The highest BCUT2D eigenvalue weighted by molar-refractivity contribution is 6.09. The summed E-state index contributed by atoms with van der Waals surface area (Å²) in [6, 6.07) is 16.7. The van der Waals surface area contributed by atoms with E-state index in [-0.39, 0.29) is 17.6 Å². The summed E-state index contributed by atoms with van der Waals surface area (Å²) >= 11 is 0. The van der Waals surface area contributed by atoms with Crippen LogP contribution in [0.2, 0.25) is 0 Å². The van der Waals surface area contributed by atoms with Crippen molar-refractivity contribution in [1.29, 1.82) is 0 Å². The zero-order valence-electron chi connectivity index (χ0n) is 17.7. The summed E-state index contributed by atoms with van der Waals surface area (Å²) in [6.45, 7) is 3.95. The van der Waals surface area contributed by atoms with Crippen LogP contribution in [0.25, 0.3) is 0 Å². The first-order valence-electron chi connectivity index (χ1n) is 10.5. The highest BCUT2D eigenvalue weighted by Gasteiger charge is 2.28. The number of carbonyl (C=O) groups excluding carboxylic acids is 2. The average Bonchev–Trinajstić information content (AvgIpc) is 3.16. The number of hydrazone groups is 1. The SMILES string of the molecule is CCc1ccc(NC(=O)c2oc3c(c2C)/C(=N/NC(=O)c2ccccc2)CCC3)cc1. The van der Waals surface area contributed by atoms with E-state index in [1.807, 2.05) is 49.4 Å². The zero-order chi connectivity index (χ0) is 21.8. The molecule has 0 saturated heterocycles. The van der Waals surface area contributed by atoms with Gasteiger partial charge in [-0.15, -0.1) is 0 Å². The lowest BCUT2D eigenvalue weighted by molar-refractivity contribution is 0.0953. The van der Waals surface area contributed by atoms with Gasteiger partial charge in [-0.2, -0.15) is 5.10 Å². The van der Waals surface area contributed by atoms with Gasteiger partial charge in [0, 0.05) is 28.8 Å². The Hall–Kier alpha value is -3.67. The number of hydrogen-bond donors (Lipinski definition) is 2. The molecule has 0 unspecified atom stereocenters. The molecule has 6 heteroatoms. The van der Waals surface area contributed by atoms with Crippen LogP contribution in [-0.2, 0) is 12.8 Å². The van der Waals surface area contributed by atoms with Gasteiger partial charge in [0.25, 0.3) is 11.8 Å². The fourth-order valence-electron chi connectivity index (χ4n) is 3.78. The first kappa shape index (κ1) is 20.6. The lowest BCUT2D eigenvalue weighted by atomic mass is 9.93. The molecule has 0 atom stereocenters. The smallest absolute Gasteiger partial charge is 0.291 e. The number of furan rings is 1. The largest absolute Gasteiger partial charge is 0.455 e. The Morgan fingerprint density at radius 3 is 2.45 bits per heavy atom. The van der Waals surface area contributed by atoms with E-state index < -0.39 is 0 Å². The lowest BCUT2D eigenvalue weighted by Gasteiger charge is -2.13. The first-order chi connectivity index (χ1) is 15.1. The van der Waals surface area contributed by atoms with Crippen LogP contribution < -0.4 is 10.7 Å². The fourth-order valence-corrected chi connectivity index (χ4v) is 3.78. The Morgan fingerprint density at radius 1 is 1.00 bits per heavy atom. The number of aryl methyl sites for hydroxylation is 2. The minimum absolute atomic E-state index is 0.269. The van der Waals surface area contributed by atoms with E-state index in [1.54, 1.807) is 12.1 Å². The van der Waals surface area contributed by atoms with Gasteiger partial charge in [0.15, 0.2) is 5.76 Å². The summed E-state index contributed by atoms with van der Waals surface area (Å²) < 4.78 is 5.93. The van der Waals surface area contributed by atoms with Gasteiger partial charge >= 0.3 is 0 Å². The third-order valence-electron chi connectivity index (χ3n) is 5.48. The van der Waals surface area contributed by atoms with Crippen LogP contribution in [0.3, 0.4) is 0 Å². The van der Waals surface area contributed by atoms with Gasteiger partial charge in [0.05, 0.1) is 5.71 Å². The first-order valence-corrected chi connectivity index (χ1v) is 10.5. The normalized spacial score (nSPS) is 14.2. The number of benzene rings is 2. The zero-order valence-corrected chi connectivity index (χ0v) is 17.7. The summed E-state index contributed by atoms with van der Waals surface area (Å²) in [4.78, 5) is 25.2. The third-order valence-corrected chi connectivity index (χ3v) is 5.48. The van der Waals surface area contributed by atoms with Crippen molar-refractivity contribution in [2.24, 2.45) is 5.10 Å². The van der Waals surface area contributed by atoms with Crippen molar-refractivity contribution in [3.05, 3.63) is 88.4 Å². The van der Waals surface area contributed by atoms with Gasteiger partial charge < -0.3 is 9.73 Å². The standard InChI is InChI=1S/C25H25N3O3/c1-3-17-12-14-19(15-13-17)26-25(30)23-16(2)22-20(10-7-11-21(22)31-23)27-28-24(29)18-8-5-4-6-9-18/h4-6,8-9,12-15H,3,7,10-11H2,1-2H3,(H,26,30)(H,28,29)/b27-20+. The summed E-state index contributed by atoms with van der Waals surface area (Å²) in [7, 11) is 0. The molecule has 2 aromatic carbocycles. The van der Waals surface area contributed by atoms with Crippen LogP contribution in [0.15, 0.2) is 64.1 Å². The molecule has 2 amide bonds. The van der Waals surface area contributed by atoms with Crippen molar-refractivity contribution in [3.63, 3.8) is 0 Å². The van der Waals surface area contributed by atoms with E-state index in [4.69, 9.17) is 4.42 Å². The number of nitrogens with one attached hydrogen (secondary N) is 2. The molecule has 1 aromatic heterocycles. The van der Waals surface area contributed by atoms with Gasteiger partial charge in [-0.05, 0) is 56.0 Å². The van der Waals surface area contributed by atoms with Gasteiger partial charge in [0.2, 0.25) is 0 Å². The number of carbonyl (C=O) groups is 2. The van der Waals surface area contributed by atoms with Crippen molar-refractivity contribution in [3.8, 4) is 0 Å². The molecule has 0 saturated carbocycles. The molecule has 2 N–H and O–H groups in total. The molecule has 0 spiro atoms. The summed E-state index contributed by atoms with van der Waals surface area (Å²) in [5.41, 5.74) is 7.41. The summed E-state index contributed by atoms with van der Waals surface area (Å²) in [5.74, 6) is 0.468. The van der Waals surface area contributed by atoms with Crippen molar-refractivity contribution in [2.45, 2.75) is 39.5 Å². The topological polar surface area (TPSA) is 83.7 Å². The molecule has 1 aliphatic rings. The van der Waals surface area contributed by atoms with E-state index in [9.17, 15) is 9.59 Å². The fraction of sp³-hybridized carbons (Fsp3) is 0.240. The van der Waals surface area contributed by atoms with Gasteiger partial charge in [-0.25, -0.2) is 5.43 Å². The molecule has 3 aromatic rings. The highest BCUT2D eigenvalue weighted by atomic mass is 16.4. The van der Waals surface area contributed by atoms with Crippen LogP contribution in [0, 0.1) is 6.92 Å². The Balaban J connectivity index is 1.54. The molecule has 1 aliphatic carbocycles. The van der Waals surface area contributed by atoms with E-state index in [2.05, 4.69) is 22.8 Å². The second-order valence-corrected chi connectivity index (χ2v) is 7.58. The van der Waals surface area contributed by atoms with Crippen LogP contribution in [-0.4, -0.2) is 17.5 Å². The van der Waals surface area contributed by atoms with Crippen molar-refractivity contribution < 1.29 is 14.0 Å². The third kappa shape index (κ3) is 4.43. The molecule has 158 valence electrons. The Bertz CT molecular complexity index is 1130. The molecule has 6 nitrogen and oxygen atoms in total. The number of amides is 2. The van der Waals surface area contributed by atoms with Crippen LogP contribution in [0.4, 0.5) is 5.69 Å². The molecular weight excluding hydrogens is 390 g/mol. The van der Waals surface area contributed by atoms with E-state index in [1.165, 1.54) is 5.56 Å². The quantitative estimate of drug-likeness (QED) is 0.583. The van der Waals surface area contributed by atoms with Crippen LogP contribution in [0.1, 0.15) is 63.1 Å². The number of rotatable bonds is 5. The van der Waals surface area contributed by atoms with E-state index in [0.717, 1.165) is 47.5 Å². The predicted octanol–water partition coefficient (Wildman–Crippen LogP) is 4.87. The predicted molar refractivity (Wildman–Crippen MR) is 121 cm³/mol. The van der Waals surface area contributed by atoms with Gasteiger partial charge in [-0.3, -0.25) is 9.59 Å². The second kappa shape index (κ2) is 9.00. The average molecular weight is 415 g/mol. The van der Waals surface area contributed by atoms with Crippen molar-refractivity contribution >= 4 is 23.2 Å². The minimum Gasteiger partial charge on any atom is -0.455 e. The van der Waals surface area contributed by atoms with Gasteiger partial charge in [0.1, 0.15) is 5.76 Å². The number of nitrogens with zero attached hydrogens (tertiary/aromatic N) is 1. The maximum atomic E-state index is 12.9. The Kier molecular flexibility index (Phi) is 5.98. The highest BCUT2D eigenvalue weighted by Crippen LogP contribution is 2.30. The molecule has 31 heavy (non-hydrogen) atoms. The minimum atomic E-state index is -0.288. The maximum absolute atomic E-state index is 12.9. The molecule has 0 aliphatic heterocycles. The van der Waals surface area contributed by atoms with Crippen LogP contribution in [0.5, 0.6) is 0 Å². The number of hydrogen-bond acceptors (Lipinski definition) is 4. The van der Waals surface area contributed by atoms with Crippen LogP contribution >= 0.6 is 0 Å². The van der Waals surface area contributed by atoms with Crippen molar-refractivity contribution in [2.75, 3.05) is 5.32 Å². The summed E-state index contributed by atoms with van der Waals surface area (Å²) in [5, 5.41) is 7.27. The second-order valence-electron chi connectivity index (χ2n) is 7.58. The van der Waals surface area contributed by atoms with Crippen molar-refractivity contribution in [1.82, 2.24) is 5.43 Å². The van der Waals surface area contributed by atoms with Gasteiger partial charge in [-0.1, -0.05) is 37.3 Å². The maximum Gasteiger partial charge on any atom is 0.291 e. The molecule has 1 heterocycles. The monoisotopic (exact) mass is 415 g/mol. The Labute approximate surface area is 181 Å². The number of fused-ring (bicyclic) bond motifs is 1. The molecule has 0 fully saturated rings. The summed E-state index contributed by atoms with van der Waals surface area (Å²) in [6.07, 6.45) is 3.24. The Morgan fingerprint density at radius 2 is 1.74 bits per heavy atom. The van der Waals surface area contributed by atoms with E-state index in [0.29, 0.717) is 12.0 Å². The molecular formula is C25H25N3O3. The molecule has 0 bridgehead atoms. The lowest BCUT2D eigenvalue weighted by Crippen LogP contribution is -2.22. The number of anilines is 1.